The molecule has 0 spiro atoms. The van der Waals surface area contributed by atoms with Crippen molar-refractivity contribution in [1.82, 2.24) is 9.21 Å². The Balaban J connectivity index is 2.26. The molecule has 1 heterocycles. The van der Waals surface area contributed by atoms with Crippen molar-refractivity contribution >= 4 is 10.0 Å². The van der Waals surface area contributed by atoms with Crippen molar-refractivity contribution in [3.63, 3.8) is 0 Å². The van der Waals surface area contributed by atoms with Crippen molar-refractivity contribution in [2.45, 2.75) is 45.6 Å². The van der Waals surface area contributed by atoms with Crippen LogP contribution in [0.1, 0.15) is 30.5 Å². The summed E-state index contributed by atoms with van der Waals surface area (Å²) < 4.78 is 27.3. The second-order valence-electron chi connectivity index (χ2n) is 6.24. The molecule has 0 saturated carbocycles. The van der Waals surface area contributed by atoms with E-state index >= 15 is 0 Å². The van der Waals surface area contributed by atoms with E-state index in [0.717, 1.165) is 29.8 Å². The van der Waals surface area contributed by atoms with Crippen LogP contribution in [0.25, 0.3) is 0 Å². The molecule has 0 unspecified atom stereocenters. The number of nitrogens with zero attached hydrogens (tertiary/aromatic N) is 2. The van der Waals surface area contributed by atoms with Crippen LogP contribution in [0.15, 0.2) is 17.0 Å². The number of hydrogen-bond donors (Lipinski definition) is 0. The van der Waals surface area contributed by atoms with Gasteiger partial charge in [0.1, 0.15) is 0 Å². The van der Waals surface area contributed by atoms with Crippen LogP contribution in [-0.2, 0) is 10.0 Å². The van der Waals surface area contributed by atoms with Gasteiger partial charge in [0, 0.05) is 32.2 Å². The predicted molar refractivity (Wildman–Crippen MR) is 86.1 cm³/mol. The zero-order valence-electron chi connectivity index (χ0n) is 13.7. The van der Waals surface area contributed by atoms with E-state index in [0.29, 0.717) is 24.0 Å². The smallest absolute Gasteiger partial charge is 0.243 e. The van der Waals surface area contributed by atoms with Crippen LogP contribution in [0.3, 0.4) is 0 Å². The van der Waals surface area contributed by atoms with E-state index in [1.165, 1.54) is 0 Å². The quantitative estimate of drug-likeness (QED) is 0.860. The van der Waals surface area contributed by atoms with Gasteiger partial charge in [-0.15, -0.1) is 0 Å². The van der Waals surface area contributed by atoms with Gasteiger partial charge in [-0.2, -0.15) is 4.31 Å². The molecule has 0 bridgehead atoms. The first kappa shape index (κ1) is 16.5. The van der Waals surface area contributed by atoms with Crippen LogP contribution in [0, 0.1) is 20.8 Å². The van der Waals surface area contributed by atoms with Crippen LogP contribution in [-0.4, -0.2) is 49.8 Å². The Bertz CT molecular complexity index is 615. The molecule has 0 N–H and O–H groups in total. The topological polar surface area (TPSA) is 40.6 Å². The third-order valence-electron chi connectivity index (χ3n) is 4.41. The van der Waals surface area contributed by atoms with Gasteiger partial charge in [-0.05, 0) is 57.4 Å². The van der Waals surface area contributed by atoms with Crippen LogP contribution in [0.5, 0.6) is 0 Å². The Morgan fingerprint density at radius 1 is 0.905 bits per heavy atom. The first-order valence-corrected chi connectivity index (χ1v) is 8.99. The maximum Gasteiger partial charge on any atom is 0.243 e. The molecule has 0 amide bonds. The molecule has 2 rings (SSSR count). The summed E-state index contributed by atoms with van der Waals surface area (Å²) in [4.78, 5) is 2.78. The number of aryl methyl sites for hydroxylation is 3. The predicted octanol–water partition coefficient (Wildman–Crippen LogP) is 2.33. The average Bonchev–Trinajstić information content (AvgIpc) is 2.42. The minimum absolute atomic E-state index is 0.462. The summed E-state index contributed by atoms with van der Waals surface area (Å²) in [6, 6.07) is 4.25. The van der Waals surface area contributed by atoms with E-state index in [2.05, 4.69) is 18.7 Å². The number of hydrogen-bond acceptors (Lipinski definition) is 3. The fourth-order valence-corrected chi connectivity index (χ4v) is 4.53. The van der Waals surface area contributed by atoms with E-state index in [-0.39, 0.29) is 0 Å². The summed E-state index contributed by atoms with van der Waals surface area (Å²) in [5.74, 6) is 0. The van der Waals surface area contributed by atoms with Crippen LogP contribution >= 0.6 is 0 Å². The number of sulfonamides is 1. The van der Waals surface area contributed by atoms with E-state index < -0.39 is 10.0 Å². The second kappa shape index (κ2) is 6.07. The molecule has 1 saturated heterocycles. The molecule has 0 aliphatic carbocycles. The summed E-state index contributed by atoms with van der Waals surface area (Å²) in [5, 5.41) is 0. The lowest BCUT2D eigenvalue weighted by molar-refractivity contribution is 0.154. The molecule has 118 valence electrons. The fourth-order valence-electron chi connectivity index (χ4n) is 2.81. The zero-order chi connectivity index (χ0) is 15.8. The Morgan fingerprint density at radius 2 is 1.43 bits per heavy atom. The summed E-state index contributed by atoms with van der Waals surface area (Å²) in [5.41, 5.74) is 3.00. The maximum absolute atomic E-state index is 12.9. The minimum atomic E-state index is -3.37. The van der Waals surface area contributed by atoms with Gasteiger partial charge in [-0.1, -0.05) is 6.07 Å². The molecule has 0 aromatic heterocycles. The summed E-state index contributed by atoms with van der Waals surface area (Å²) in [7, 11) is -3.37. The van der Waals surface area contributed by atoms with E-state index in [1.807, 2.05) is 32.9 Å². The highest BCUT2D eigenvalue weighted by Gasteiger charge is 2.30. The highest BCUT2D eigenvalue weighted by atomic mass is 32.2. The summed E-state index contributed by atoms with van der Waals surface area (Å²) >= 11 is 0. The lowest BCUT2D eigenvalue weighted by atomic mass is 10.1. The Labute approximate surface area is 128 Å². The highest BCUT2D eigenvalue weighted by Crippen LogP contribution is 2.24. The normalized spacial score (nSPS) is 18.4. The molecular formula is C16H26N2O2S. The Hall–Kier alpha value is -0.910. The molecule has 1 aromatic rings. The van der Waals surface area contributed by atoms with Crippen molar-refractivity contribution in [2.24, 2.45) is 0 Å². The maximum atomic E-state index is 12.9. The van der Waals surface area contributed by atoms with Crippen molar-refractivity contribution in [1.29, 1.82) is 0 Å². The summed E-state index contributed by atoms with van der Waals surface area (Å²) in [6.45, 7) is 12.9. The van der Waals surface area contributed by atoms with Gasteiger partial charge >= 0.3 is 0 Å². The molecule has 0 atom stereocenters. The molecule has 1 fully saturated rings. The van der Waals surface area contributed by atoms with E-state index in [4.69, 9.17) is 0 Å². The monoisotopic (exact) mass is 310 g/mol. The third-order valence-corrected chi connectivity index (χ3v) is 6.45. The zero-order valence-corrected chi connectivity index (χ0v) is 14.5. The lowest BCUT2D eigenvalue weighted by Crippen LogP contribution is -2.50. The Morgan fingerprint density at radius 3 is 1.95 bits per heavy atom. The van der Waals surface area contributed by atoms with Crippen LogP contribution in [0.2, 0.25) is 0 Å². The molecule has 1 aromatic carbocycles. The molecule has 21 heavy (non-hydrogen) atoms. The third kappa shape index (κ3) is 3.30. The van der Waals surface area contributed by atoms with Gasteiger partial charge < -0.3 is 0 Å². The Kier molecular flexibility index (Phi) is 4.76. The standard InChI is InChI=1S/C16H26N2O2S/c1-12(2)17-6-8-18(9-7-17)21(19,20)16-11-14(4)13(3)10-15(16)5/h10-12H,6-9H2,1-5H3. The SMILES string of the molecule is Cc1cc(C)c(S(=O)(=O)N2CCN(C(C)C)CC2)cc1C. The van der Waals surface area contributed by atoms with Crippen LogP contribution < -0.4 is 0 Å². The van der Waals surface area contributed by atoms with Gasteiger partial charge in [0.15, 0.2) is 0 Å². The van der Waals surface area contributed by atoms with Gasteiger partial charge in [-0.3, -0.25) is 4.90 Å². The first-order chi connectivity index (χ1) is 9.73. The fraction of sp³-hybridized carbons (Fsp3) is 0.625. The number of rotatable bonds is 3. The van der Waals surface area contributed by atoms with Gasteiger partial charge in [0.05, 0.1) is 4.90 Å². The molecule has 4 nitrogen and oxygen atoms in total. The number of benzene rings is 1. The molecule has 1 aliphatic heterocycles. The summed E-state index contributed by atoms with van der Waals surface area (Å²) in [6.07, 6.45) is 0. The van der Waals surface area contributed by atoms with E-state index in [1.54, 1.807) is 4.31 Å². The molecule has 0 radical (unpaired) electrons. The second-order valence-corrected chi connectivity index (χ2v) is 8.14. The van der Waals surface area contributed by atoms with E-state index in [9.17, 15) is 8.42 Å². The molecular weight excluding hydrogens is 284 g/mol. The molecule has 5 heteroatoms. The van der Waals surface area contributed by atoms with Crippen molar-refractivity contribution in [3.05, 3.63) is 28.8 Å². The van der Waals surface area contributed by atoms with Crippen molar-refractivity contribution in [2.75, 3.05) is 26.2 Å². The average molecular weight is 310 g/mol. The van der Waals surface area contributed by atoms with Gasteiger partial charge in [-0.25, -0.2) is 8.42 Å². The lowest BCUT2D eigenvalue weighted by Gasteiger charge is -2.36. The largest absolute Gasteiger partial charge is 0.298 e. The van der Waals surface area contributed by atoms with Crippen molar-refractivity contribution < 1.29 is 8.42 Å². The van der Waals surface area contributed by atoms with Gasteiger partial charge in [0.2, 0.25) is 10.0 Å². The number of piperazine rings is 1. The highest BCUT2D eigenvalue weighted by molar-refractivity contribution is 7.89. The van der Waals surface area contributed by atoms with Gasteiger partial charge in [0.25, 0.3) is 0 Å². The van der Waals surface area contributed by atoms with Crippen LogP contribution in [0.4, 0.5) is 0 Å². The van der Waals surface area contributed by atoms with Crippen molar-refractivity contribution in [3.8, 4) is 0 Å². The first-order valence-electron chi connectivity index (χ1n) is 7.55. The minimum Gasteiger partial charge on any atom is -0.298 e. The molecule has 1 aliphatic rings.